The minimum absolute atomic E-state index is 0. The van der Waals surface area contributed by atoms with Gasteiger partial charge in [-0.15, -0.1) is 12.4 Å². The fourth-order valence-corrected chi connectivity index (χ4v) is 2.45. The Labute approximate surface area is 130 Å². The Balaban J connectivity index is 0.00000161. The van der Waals surface area contributed by atoms with Crippen molar-refractivity contribution in [2.45, 2.75) is 13.0 Å². The molecule has 1 N–H and O–H groups in total. The molecule has 1 aliphatic heterocycles. The molecule has 0 bridgehead atoms. The second-order valence-electron chi connectivity index (χ2n) is 5.12. The fraction of sp³-hybridized carbons (Fsp3) is 0.333. The molecule has 1 aromatic heterocycles. The van der Waals surface area contributed by atoms with Crippen molar-refractivity contribution in [3.05, 3.63) is 48.3 Å². The predicted molar refractivity (Wildman–Crippen MR) is 84.2 cm³/mol. The molecule has 1 aliphatic rings. The number of nitrogens with zero attached hydrogens (tertiary/aromatic N) is 3. The molecular formula is C15H19ClN4O. The molecule has 1 aromatic carbocycles. The van der Waals surface area contributed by atoms with Gasteiger partial charge in [0.25, 0.3) is 5.91 Å². The van der Waals surface area contributed by atoms with Crippen LogP contribution in [0.2, 0.25) is 0 Å². The van der Waals surface area contributed by atoms with E-state index in [4.69, 9.17) is 0 Å². The van der Waals surface area contributed by atoms with Gasteiger partial charge < -0.3 is 10.2 Å². The molecule has 21 heavy (non-hydrogen) atoms. The molecular weight excluding hydrogens is 288 g/mol. The lowest BCUT2D eigenvalue weighted by molar-refractivity contribution is 0.0709. The maximum Gasteiger partial charge on any atom is 0.257 e. The van der Waals surface area contributed by atoms with Crippen LogP contribution < -0.4 is 5.32 Å². The van der Waals surface area contributed by atoms with Gasteiger partial charge in [-0.25, -0.2) is 4.68 Å². The number of benzene rings is 1. The molecule has 0 spiro atoms. The quantitative estimate of drug-likeness (QED) is 0.919. The van der Waals surface area contributed by atoms with Gasteiger partial charge >= 0.3 is 0 Å². The van der Waals surface area contributed by atoms with E-state index in [-0.39, 0.29) is 18.3 Å². The highest BCUT2D eigenvalue weighted by atomic mass is 35.5. The minimum atomic E-state index is 0. The smallest absolute Gasteiger partial charge is 0.257 e. The van der Waals surface area contributed by atoms with Gasteiger partial charge in [-0.3, -0.25) is 4.79 Å². The second-order valence-corrected chi connectivity index (χ2v) is 5.12. The van der Waals surface area contributed by atoms with E-state index in [1.165, 1.54) is 0 Å². The standard InChI is InChI=1S/C15H18N4O.ClH/c1-12-10-18(8-7-16-12)15(20)13-9-17-19(11-13)14-5-3-2-4-6-14;/h2-6,9,11-12,16H,7-8,10H2,1H3;1H/t12-;/m0./s1. The lowest BCUT2D eigenvalue weighted by atomic mass is 10.2. The maximum atomic E-state index is 12.4. The number of nitrogens with one attached hydrogen (secondary N) is 1. The zero-order valence-corrected chi connectivity index (χ0v) is 12.7. The zero-order chi connectivity index (χ0) is 13.9. The Morgan fingerprint density at radius 3 is 2.81 bits per heavy atom. The van der Waals surface area contributed by atoms with Crippen LogP contribution in [0.1, 0.15) is 17.3 Å². The fourth-order valence-electron chi connectivity index (χ4n) is 2.45. The molecule has 1 fully saturated rings. The molecule has 2 aromatic rings. The zero-order valence-electron chi connectivity index (χ0n) is 11.9. The summed E-state index contributed by atoms with van der Waals surface area (Å²) in [6.45, 7) is 4.43. The summed E-state index contributed by atoms with van der Waals surface area (Å²) >= 11 is 0. The number of hydrogen-bond acceptors (Lipinski definition) is 3. The molecule has 1 saturated heterocycles. The van der Waals surface area contributed by atoms with Gasteiger partial charge in [0.15, 0.2) is 0 Å². The van der Waals surface area contributed by atoms with Crippen molar-refractivity contribution in [1.29, 1.82) is 0 Å². The Morgan fingerprint density at radius 1 is 1.33 bits per heavy atom. The summed E-state index contributed by atoms with van der Waals surface area (Å²) in [6, 6.07) is 10.1. The van der Waals surface area contributed by atoms with E-state index in [0.29, 0.717) is 11.6 Å². The molecule has 1 amide bonds. The summed E-state index contributed by atoms with van der Waals surface area (Å²) in [6.07, 6.45) is 3.44. The van der Waals surface area contributed by atoms with Crippen molar-refractivity contribution in [3.8, 4) is 5.69 Å². The molecule has 0 unspecified atom stereocenters. The highest BCUT2D eigenvalue weighted by molar-refractivity contribution is 5.94. The van der Waals surface area contributed by atoms with Gasteiger partial charge in [-0.2, -0.15) is 5.10 Å². The Bertz CT molecular complexity index is 599. The first-order valence-corrected chi connectivity index (χ1v) is 6.87. The van der Waals surface area contributed by atoms with Gasteiger partial charge in [0.1, 0.15) is 0 Å². The van der Waals surface area contributed by atoms with Crippen LogP contribution in [0.4, 0.5) is 0 Å². The highest BCUT2D eigenvalue weighted by Crippen LogP contribution is 2.11. The SMILES string of the molecule is C[C@H]1CN(C(=O)c2cnn(-c3ccccc3)c2)CCN1.Cl. The molecule has 6 heteroatoms. The van der Waals surface area contributed by atoms with E-state index < -0.39 is 0 Å². The van der Waals surface area contributed by atoms with Gasteiger partial charge in [0.05, 0.1) is 17.4 Å². The normalized spacial score (nSPS) is 18.1. The van der Waals surface area contributed by atoms with E-state index >= 15 is 0 Å². The van der Waals surface area contributed by atoms with Crippen LogP contribution in [-0.2, 0) is 0 Å². The van der Waals surface area contributed by atoms with Crippen LogP contribution in [0.15, 0.2) is 42.7 Å². The van der Waals surface area contributed by atoms with Gasteiger partial charge in [0.2, 0.25) is 0 Å². The number of hydrogen-bond donors (Lipinski definition) is 1. The van der Waals surface area contributed by atoms with E-state index in [1.807, 2.05) is 35.2 Å². The Hall–Kier alpha value is -1.85. The van der Waals surface area contributed by atoms with Crippen molar-refractivity contribution in [1.82, 2.24) is 20.0 Å². The third kappa shape index (κ3) is 3.43. The summed E-state index contributed by atoms with van der Waals surface area (Å²) in [5.41, 5.74) is 1.60. The number of carbonyl (C=O) groups excluding carboxylic acids is 1. The molecule has 112 valence electrons. The lowest BCUT2D eigenvalue weighted by Crippen LogP contribution is -2.51. The average molecular weight is 307 g/mol. The molecule has 0 radical (unpaired) electrons. The predicted octanol–water partition coefficient (Wildman–Crippen LogP) is 1.73. The number of aromatic nitrogens is 2. The molecule has 5 nitrogen and oxygen atoms in total. The summed E-state index contributed by atoms with van der Waals surface area (Å²) in [4.78, 5) is 14.3. The topological polar surface area (TPSA) is 50.2 Å². The highest BCUT2D eigenvalue weighted by Gasteiger charge is 2.22. The third-order valence-corrected chi connectivity index (χ3v) is 3.51. The summed E-state index contributed by atoms with van der Waals surface area (Å²) in [5, 5.41) is 7.61. The van der Waals surface area contributed by atoms with Gasteiger partial charge in [-0.1, -0.05) is 18.2 Å². The molecule has 1 atom stereocenters. The van der Waals surface area contributed by atoms with Crippen LogP contribution in [0.3, 0.4) is 0 Å². The monoisotopic (exact) mass is 306 g/mol. The molecule has 2 heterocycles. The van der Waals surface area contributed by atoms with E-state index in [1.54, 1.807) is 17.1 Å². The van der Waals surface area contributed by atoms with E-state index in [9.17, 15) is 4.79 Å². The number of rotatable bonds is 2. The maximum absolute atomic E-state index is 12.4. The Kier molecular flexibility index (Phi) is 4.98. The number of piperazine rings is 1. The first-order valence-electron chi connectivity index (χ1n) is 6.87. The van der Waals surface area contributed by atoms with E-state index in [0.717, 1.165) is 25.3 Å². The molecule has 0 saturated carbocycles. The molecule has 0 aliphatic carbocycles. The lowest BCUT2D eigenvalue weighted by Gasteiger charge is -2.31. The second kappa shape index (κ2) is 6.74. The number of halogens is 1. The number of para-hydroxylation sites is 1. The van der Waals surface area contributed by atoms with Crippen LogP contribution in [0.5, 0.6) is 0 Å². The summed E-state index contributed by atoms with van der Waals surface area (Å²) < 4.78 is 1.73. The van der Waals surface area contributed by atoms with Crippen molar-refractivity contribution in [2.75, 3.05) is 19.6 Å². The minimum Gasteiger partial charge on any atom is -0.336 e. The van der Waals surface area contributed by atoms with Crippen molar-refractivity contribution in [2.24, 2.45) is 0 Å². The largest absolute Gasteiger partial charge is 0.336 e. The first kappa shape index (κ1) is 15.5. The van der Waals surface area contributed by atoms with E-state index in [2.05, 4.69) is 17.3 Å². The van der Waals surface area contributed by atoms with Crippen LogP contribution >= 0.6 is 12.4 Å². The van der Waals surface area contributed by atoms with Crippen LogP contribution in [0.25, 0.3) is 5.69 Å². The van der Waals surface area contributed by atoms with Crippen LogP contribution in [-0.4, -0.2) is 46.3 Å². The first-order chi connectivity index (χ1) is 9.74. The van der Waals surface area contributed by atoms with Gasteiger partial charge in [-0.05, 0) is 19.1 Å². The number of carbonyl (C=O) groups is 1. The van der Waals surface area contributed by atoms with Crippen LogP contribution in [0, 0.1) is 0 Å². The average Bonchev–Trinajstić information content (AvgIpc) is 2.97. The number of amides is 1. The molecule has 3 rings (SSSR count). The third-order valence-electron chi connectivity index (χ3n) is 3.51. The summed E-state index contributed by atoms with van der Waals surface area (Å²) in [7, 11) is 0. The van der Waals surface area contributed by atoms with Crippen molar-refractivity contribution in [3.63, 3.8) is 0 Å². The van der Waals surface area contributed by atoms with Crippen molar-refractivity contribution >= 4 is 18.3 Å². The van der Waals surface area contributed by atoms with Crippen molar-refractivity contribution < 1.29 is 4.79 Å². The Morgan fingerprint density at radius 2 is 2.10 bits per heavy atom. The van der Waals surface area contributed by atoms with Gasteiger partial charge in [0, 0.05) is 31.9 Å². The summed E-state index contributed by atoms with van der Waals surface area (Å²) in [5.74, 6) is 0.0560.